The molecule has 4 aromatic rings. The molecule has 0 spiro atoms. The van der Waals surface area contributed by atoms with E-state index in [-0.39, 0.29) is 23.7 Å². The number of hydrogen-bond acceptors (Lipinski definition) is 4. The van der Waals surface area contributed by atoms with Gasteiger partial charge in [0.1, 0.15) is 12.4 Å². The van der Waals surface area contributed by atoms with Crippen LogP contribution in [0.25, 0.3) is 11.1 Å². The van der Waals surface area contributed by atoms with E-state index >= 15 is 0 Å². The first-order chi connectivity index (χ1) is 23.0. The fraction of sp³-hybridized carbons (Fsp3) is 0.368. The molecule has 0 saturated carbocycles. The molecule has 1 heterocycles. The van der Waals surface area contributed by atoms with Gasteiger partial charge in [0.05, 0.1) is 12.2 Å². The molecule has 1 aliphatic rings. The molecule has 0 atom stereocenters. The minimum absolute atomic E-state index is 0.000555. The van der Waals surface area contributed by atoms with Gasteiger partial charge in [0, 0.05) is 49.2 Å². The quantitative estimate of drug-likeness (QED) is 0.105. The number of fused-ring (bicyclic) bond motifs is 1. The average molecular weight is 664 g/mol. The highest BCUT2D eigenvalue weighted by Gasteiger charge is 2.30. The van der Waals surface area contributed by atoms with Crippen LogP contribution < -0.4 is 5.43 Å². The van der Waals surface area contributed by atoms with Crippen LogP contribution >= 0.6 is 0 Å². The maximum atomic E-state index is 14.2. The summed E-state index contributed by atoms with van der Waals surface area (Å²) in [7, 11) is 0. The number of amides is 1. The molecule has 48 heavy (non-hydrogen) atoms. The number of rotatable bonds is 14. The topological polar surface area (TPSA) is 54.8 Å². The average Bonchev–Trinajstić information content (AvgIpc) is 3.58. The SMILES string of the molecule is CCON(CC)CCN(Cc1ccc(-c2ccc(C(F)(F)F)cc2)cc1)C(=O)Cn1c(CCc2ccc(F)cc2)cc(=O)c2c1CCC2. The van der Waals surface area contributed by atoms with Crippen molar-refractivity contribution in [2.24, 2.45) is 0 Å². The third-order valence-electron chi connectivity index (χ3n) is 8.84. The van der Waals surface area contributed by atoms with Crippen LogP contribution in [0.2, 0.25) is 0 Å². The van der Waals surface area contributed by atoms with Crippen LogP contribution in [-0.4, -0.2) is 46.7 Å². The Morgan fingerprint density at radius 1 is 0.854 bits per heavy atom. The van der Waals surface area contributed by atoms with Gasteiger partial charge < -0.3 is 9.47 Å². The van der Waals surface area contributed by atoms with Crippen molar-refractivity contribution in [3.05, 3.63) is 129 Å². The lowest BCUT2D eigenvalue weighted by molar-refractivity contribution is -0.157. The number of alkyl halides is 3. The van der Waals surface area contributed by atoms with Crippen molar-refractivity contribution in [1.29, 1.82) is 0 Å². The first kappa shape index (κ1) is 35.0. The van der Waals surface area contributed by atoms with Gasteiger partial charge in [0.2, 0.25) is 5.91 Å². The standard InChI is InChI=1S/C38H41F4N3O3/c1-3-44(48-4-2)23-22-43(25-28-8-13-29(14-9-28)30-15-17-31(18-16-30)38(40,41)42)37(47)26-45-33(21-12-27-10-19-32(39)20-11-27)24-36(46)34-6-5-7-35(34)45/h8-11,13-20,24H,3-7,12,21-23,25-26H2,1-2H3. The Morgan fingerprint density at radius 2 is 1.50 bits per heavy atom. The molecule has 1 amide bonds. The van der Waals surface area contributed by atoms with Crippen LogP contribution in [0.15, 0.2) is 83.7 Å². The number of likely N-dealkylation sites (N-methyl/N-ethyl adjacent to an activating group) is 1. The lowest BCUT2D eigenvalue weighted by Gasteiger charge is -2.28. The lowest BCUT2D eigenvalue weighted by Crippen LogP contribution is -2.40. The van der Waals surface area contributed by atoms with Gasteiger partial charge in [0.15, 0.2) is 5.43 Å². The lowest BCUT2D eigenvalue weighted by atomic mass is 10.0. The van der Waals surface area contributed by atoms with E-state index in [0.717, 1.165) is 58.6 Å². The van der Waals surface area contributed by atoms with Crippen molar-refractivity contribution in [1.82, 2.24) is 14.5 Å². The molecule has 6 nitrogen and oxygen atoms in total. The number of aryl methyl sites for hydroxylation is 2. The highest BCUT2D eigenvalue weighted by molar-refractivity contribution is 5.76. The van der Waals surface area contributed by atoms with Crippen molar-refractivity contribution in [2.45, 2.75) is 65.2 Å². The smallest absolute Gasteiger partial charge is 0.339 e. The molecule has 1 aliphatic carbocycles. The van der Waals surface area contributed by atoms with Crippen LogP contribution in [0.4, 0.5) is 17.6 Å². The summed E-state index contributed by atoms with van der Waals surface area (Å²) in [4.78, 5) is 34.7. The number of aromatic nitrogens is 1. The number of halogens is 4. The second-order valence-corrected chi connectivity index (χ2v) is 12.0. The van der Waals surface area contributed by atoms with E-state index in [1.165, 1.54) is 24.3 Å². The Bertz CT molecular complexity index is 1730. The predicted octanol–water partition coefficient (Wildman–Crippen LogP) is 7.25. The summed E-state index contributed by atoms with van der Waals surface area (Å²) in [5, 5.41) is 1.82. The third-order valence-corrected chi connectivity index (χ3v) is 8.84. The molecular weight excluding hydrogens is 622 g/mol. The Labute approximate surface area is 278 Å². The molecule has 0 N–H and O–H groups in total. The Kier molecular flexibility index (Phi) is 11.5. The fourth-order valence-electron chi connectivity index (χ4n) is 6.24. The Morgan fingerprint density at radius 3 is 2.12 bits per heavy atom. The minimum atomic E-state index is -4.40. The molecule has 0 radical (unpaired) electrons. The zero-order valence-electron chi connectivity index (χ0n) is 27.4. The van der Waals surface area contributed by atoms with E-state index in [1.807, 2.05) is 47.7 Å². The summed E-state index contributed by atoms with van der Waals surface area (Å²) in [6.07, 6.45) is -0.999. The van der Waals surface area contributed by atoms with Crippen molar-refractivity contribution in [3.63, 3.8) is 0 Å². The number of hydrogen-bond donors (Lipinski definition) is 0. The molecule has 254 valence electrons. The molecule has 0 bridgehead atoms. The van der Waals surface area contributed by atoms with Crippen LogP contribution in [0.5, 0.6) is 0 Å². The molecule has 0 fully saturated rings. The van der Waals surface area contributed by atoms with E-state index in [4.69, 9.17) is 4.84 Å². The molecule has 10 heteroatoms. The van der Waals surface area contributed by atoms with E-state index < -0.39 is 11.7 Å². The summed E-state index contributed by atoms with van der Waals surface area (Å²) in [6.45, 7) is 6.36. The van der Waals surface area contributed by atoms with Gasteiger partial charge in [-0.25, -0.2) is 4.39 Å². The van der Waals surface area contributed by atoms with E-state index in [9.17, 15) is 27.2 Å². The van der Waals surface area contributed by atoms with Gasteiger partial charge in [-0.1, -0.05) is 55.5 Å². The fourth-order valence-corrected chi connectivity index (χ4v) is 6.24. The molecule has 0 unspecified atom stereocenters. The van der Waals surface area contributed by atoms with Gasteiger partial charge in [0.25, 0.3) is 0 Å². The second-order valence-electron chi connectivity index (χ2n) is 12.0. The second kappa shape index (κ2) is 15.7. The zero-order valence-corrected chi connectivity index (χ0v) is 27.4. The summed E-state index contributed by atoms with van der Waals surface area (Å²) < 4.78 is 54.6. The van der Waals surface area contributed by atoms with Gasteiger partial charge in [-0.05, 0) is 85.5 Å². The van der Waals surface area contributed by atoms with Crippen LogP contribution in [0.1, 0.15) is 53.9 Å². The number of carbonyl (C=O) groups is 1. The highest BCUT2D eigenvalue weighted by atomic mass is 19.4. The zero-order chi connectivity index (χ0) is 34.3. The van der Waals surface area contributed by atoms with E-state index in [0.29, 0.717) is 57.6 Å². The normalized spacial score (nSPS) is 12.8. The van der Waals surface area contributed by atoms with Crippen molar-refractivity contribution >= 4 is 5.91 Å². The largest absolute Gasteiger partial charge is 0.416 e. The number of pyridine rings is 1. The monoisotopic (exact) mass is 663 g/mol. The highest BCUT2D eigenvalue weighted by Crippen LogP contribution is 2.31. The van der Waals surface area contributed by atoms with Gasteiger partial charge >= 0.3 is 6.18 Å². The summed E-state index contributed by atoms with van der Waals surface area (Å²) in [5.41, 5.74) is 5.02. The molecule has 1 aromatic heterocycles. The van der Waals surface area contributed by atoms with Crippen LogP contribution in [0.3, 0.4) is 0 Å². The minimum Gasteiger partial charge on any atom is -0.339 e. The van der Waals surface area contributed by atoms with Crippen molar-refractivity contribution in [2.75, 3.05) is 26.2 Å². The molecule has 0 saturated heterocycles. The van der Waals surface area contributed by atoms with Crippen molar-refractivity contribution < 1.29 is 27.2 Å². The number of hydroxylamine groups is 2. The van der Waals surface area contributed by atoms with Crippen LogP contribution in [-0.2, 0) is 54.6 Å². The number of carbonyl (C=O) groups excluding carboxylic acids is 1. The summed E-state index contributed by atoms with van der Waals surface area (Å²) in [5.74, 6) is -0.408. The molecule has 3 aromatic carbocycles. The van der Waals surface area contributed by atoms with Crippen molar-refractivity contribution in [3.8, 4) is 11.1 Å². The molecule has 0 aliphatic heterocycles. The van der Waals surface area contributed by atoms with Gasteiger partial charge in [-0.15, -0.1) is 0 Å². The van der Waals surface area contributed by atoms with E-state index in [2.05, 4.69) is 0 Å². The first-order valence-electron chi connectivity index (χ1n) is 16.5. The first-order valence-corrected chi connectivity index (χ1v) is 16.5. The maximum absolute atomic E-state index is 14.2. The molecular formula is C38H41F4N3O3. The van der Waals surface area contributed by atoms with Gasteiger partial charge in [-0.2, -0.15) is 18.2 Å². The maximum Gasteiger partial charge on any atom is 0.416 e. The molecule has 5 rings (SSSR count). The number of nitrogens with zero attached hydrogens (tertiary/aromatic N) is 3. The Hall–Kier alpha value is -4.28. The summed E-state index contributed by atoms with van der Waals surface area (Å²) in [6, 6.07) is 20.5. The van der Waals surface area contributed by atoms with E-state index in [1.54, 1.807) is 23.1 Å². The Balaban J connectivity index is 1.38. The number of benzene rings is 3. The van der Waals surface area contributed by atoms with Crippen LogP contribution in [0, 0.1) is 5.82 Å². The third kappa shape index (κ3) is 8.79. The predicted molar refractivity (Wildman–Crippen MR) is 178 cm³/mol. The van der Waals surface area contributed by atoms with Gasteiger partial charge in [-0.3, -0.25) is 14.4 Å². The summed E-state index contributed by atoms with van der Waals surface area (Å²) >= 11 is 0.